The molecule has 0 spiro atoms. The van der Waals surface area contributed by atoms with Crippen molar-refractivity contribution in [2.45, 2.75) is 44.6 Å². The number of rotatable bonds is 5. The zero-order chi connectivity index (χ0) is 12.1. The second-order valence-corrected chi connectivity index (χ2v) is 5.86. The Hall–Kier alpha value is -0.410. The van der Waals surface area contributed by atoms with Gasteiger partial charge in [-0.15, -0.1) is 0 Å². The van der Waals surface area contributed by atoms with E-state index in [1.165, 1.54) is 37.8 Å². The van der Waals surface area contributed by atoms with Crippen LogP contribution in [0.5, 0.6) is 0 Å². The van der Waals surface area contributed by atoms with E-state index < -0.39 is 0 Å². The predicted octanol–water partition coefficient (Wildman–Crippen LogP) is 3.55. The summed E-state index contributed by atoms with van der Waals surface area (Å²) in [5.74, 6) is 0.885. The SMILES string of the molecule is CNC(CCc1ccc(Br)cn1)C1CCCC1. The number of aryl methyl sites for hydroxylation is 1. The van der Waals surface area contributed by atoms with E-state index in [0.717, 1.165) is 16.8 Å². The molecule has 1 N–H and O–H groups in total. The molecule has 0 saturated heterocycles. The number of nitrogens with one attached hydrogen (secondary N) is 1. The quantitative estimate of drug-likeness (QED) is 0.899. The highest BCUT2D eigenvalue weighted by Crippen LogP contribution is 2.29. The largest absolute Gasteiger partial charge is 0.317 e. The van der Waals surface area contributed by atoms with Crippen molar-refractivity contribution in [3.8, 4) is 0 Å². The number of hydrogen-bond acceptors (Lipinski definition) is 2. The van der Waals surface area contributed by atoms with Gasteiger partial charge >= 0.3 is 0 Å². The van der Waals surface area contributed by atoms with Gasteiger partial charge in [-0.3, -0.25) is 4.98 Å². The fraction of sp³-hybridized carbons (Fsp3) is 0.643. The van der Waals surface area contributed by atoms with Gasteiger partial charge in [-0.2, -0.15) is 0 Å². The lowest BCUT2D eigenvalue weighted by atomic mass is 9.93. The Balaban J connectivity index is 1.84. The van der Waals surface area contributed by atoms with E-state index >= 15 is 0 Å². The first-order valence-electron chi connectivity index (χ1n) is 6.57. The van der Waals surface area contributed by atoms with E-state index in [2.05, 4.69) is 45.4 Å². The third kappa shape index (κ3) is 3.78. The van der Waals surface area contributed by atoms with Crippen molar-refractivity contribution < 1.29 is 0 Å². The summed E-state index contributed by atoms with van der Waals surface area (Å²) < 4.78 is 1.06. The molecule has 0 radical (unpaired) electrons. The van der Waals surface area contributed by atoms with Gasteiger partial charge in [0.2, 0.25) is 0 Å². The van der Waals surface area contributed by atoms with Crippen LogP contribution in [0, 0.1) is 5.92 Å². The molecule has 1 saturated carbocycles. The van der Waals surface area contributed by atoms with Crippen molar-refractivity contribution in [1.29, 1.82) is 0 Å². The van der Waals surface area contributed by atoms with Crippen LogP contribution in [-0.4, -0.2) is 18.1 Å². The Morgan fingerprint density at radius 2 is 2.18 bits per heavy atom. The Labute approximate surface area is 112 Å². The third-order valence-electron chi connectivity index (χ3n) is 3.84. The molecule has 94 valence electrons. The van der Waals surface area contributed by atoms with E-state index in [4.69, 9.17) is 0 Å². The molecule has 1 atom stereocenters. The standard InChI is InChI=1S/C14H21BrN2/c1-16-14(11-4-2-3-5-11)9-8-13-7-6-12(15)10-17-13/h6-7,10-11,14,16H,2-5,8-9H2,1H3. The van der Waals surface area contributed by atoms with Crippen LogP contribution in [0.2, 0.25) is 0 Å². The summed E-state index contributed by atoms with van der Waals surface area (Å²) in [5.41, 5.74) is 1.20. The Bertz CT molecular complexity index is 331. The summed E-state index contributed by atoms with van der Waals surface area (Å²) in [4.78, 5) is 4.44. The summed E-state index contributed by atoms with van der Waals surface area (Å²) in [7, 11) is 2.10. The predicted molar refractivity (Wildman–Crippen MR) is 75.1 cm³/mol. The van der Waals surface area contributed by atoms with Gasteiger partial charge in [-0.05, 0) is 66.7 Å². The van der Waals surface area contributed by atoms with E-state index in [-0.39, 0.29) is 0 Å². The molecule has 17 heavy (non-hydrogen) atoms. The number of halogens is 1. The van der Waals surface area contributed by atoms with Gasteiger partial charge in [0.15, 0.2) is 0 Å². The number of hydrogen-bond donors (Lipinski definition) is 1. The van der Waals surface area contributed by atoms with Crippen LogP contribution in [0.15, 0.2) is 22.8 Å². The number of pyridine rings is 1. The van der Waals surface area contributed by atoms with Gasteiger partial charge in [-0.25, -0.2) is 0 Å². The van der Waals surface area contributed by atoms with Gasteiger partial charge in [0.25, 0.3) is 0 Å². The molecule has 0 bridgehead atoms. The van der Waals surface area contributed by atoms with Gasteiger partial charge in [0.05, 0.1) is 0 Å². The van der Waals surface area contributed by atoms with E-state index in [1.807, 2.05) is 6.20 Å². The highest BCUT2D eigenvalue weighted by Gasteiger charge is 2.23. The minimum atomic E-state index is 0.669. The number of nitrogens with zero attached hydrogens (tertiary/aromatic N) is 1. The smallest absolute Gasteiger partial charge is 0.0413 e. The van der Waals surface area contributed by atoms with Crippen LogP contribution < -0.4 is 5.32 Å². The molecule has 3 heteroatoms. The molecule has 1 heterocycles. The zero-order valence-electron chi connectivity index (χ0n) is 10.5. The van der Waals surface area contributed by atoms with E-state index in [0.29, 0.717) is 6.04 Å². The molecule has 0 aromatic carbocycles. The number of aromatic nitrogens is 1. The van der Waals surface area contributed by atoms with Crippen molar-refractivity contribution in [2.24, 2.45) is 5.92 Å². The molecule has 1 aliphatic carbocycles. The fourth-order valence-electron chi connectivity index (χ4n) is 2.83. The summed E-state index contributed by atoms with van der Waals surface area (Å²) in [6, 6.07) is 4.86. The van der Waals surface area contributed by atoms with Crippen LogP contribution >= 0.6 is 15.9 Å². The van der Waals surface area contributed by atoms with Crippen molar-refractivity contribution in [2.75, 3.05) is 7.05 Å². The molecule has 2 nitrogen and oxygen atoms in total. The Morgan fingerprint density at radius 1 is 1.41 bits per heavy atom. The molecule has 0 aliphatic heterocycles. The van der Waals surface area contributed by atoms with Crippen molar-refractivity contribution >= 4 is 15.9 Å². The second-order valence-electron chi connectivity index (χ2n) is 4.95. The highest BCUT2D eigenvalue weighted by molar-refractivity contribution is 9.10. The summed E-state index contributed by atoms with van der Waals surface area (Å²) in [5, 5.41) is 3.49. The molecule has 0 amide bonds. The molecule has 1 unspecified atom stereocenters. The van der Waals surface area contributed by atoms with Gasteiger partial charge in [-0.1, -0.05) is 12.8 Å². The first-order valence-corrected chi connectivity index (χ1v) is 7.36. The molecule has 1 aromatic rings. The van der Waals surface area contributed by atoms with E-state index in [1.54, 1.807) is 0 Å². The fourth-order valence-corrected chi connectivity index (χ4v) is 3.07. The summed E-state index contributed by atoms with van der Waals surface area (Å²) in [6.45, 7) is 0. The maximum atomic E-state index is 4.44. The van der Waals surface area contributed by atoms with Gasteiger partial charge in [0, 0.05) is 22.4 Å². The van der Waals surface area contributed by atoms with Gasteiger partial charge in [0.1, 0.15) is 0 Å². The monoisotopic (exact) mass is 296 g/mol. The highest BCUT2D eigenvalue weighted by atomic mass is 79.9. The lowest BCUT2D eigenvalue weighted by Gasteiger charge is -2.22. The third-order valence-corrected chi connectivity index (χ3v) is 4.31. The van der Waals surface area contributed by atoms with Crippen LogP contribution in [0.4, 0.5) is 0 Å². The topological polar surface area (TPSA) is 24.9 Å². The summed E-state index contributed by atoms with van der Waals surface area (Å²) in [6.07, 6.45) is 9.81. The van der Waals surface area contributed by atoms with Crippen molar-refractivity contribution in [1.82, 2.24) is 10.3 Å². The van der Waals surface area contributed by atoms with Crippen molar-refractivity contribution in [3.63, 3.8) is 0 Å². The Morgan fingerprint density at radius 3 is 2.76 bits per heavy atom. The van der Waals surface area contributed by atoms with Gasteiger partial charge < -0.3 is 5.32 Å². The summed E-state index contributed by atoms with van der Waals surface area (Å²) >= 11 is 3.42. The normalized spacial score (nSPS) is 18.5. The molecule has 1 aromatic heterocycles. The minimum Gasteiger partial charge on any atom is -0.317 e. The Kier molecular flexibility index (Phi) is 4.99. The minimum absolute atomic E-state index is 0.669. The average molecular weight is 297 g/mol. The zero-order valence-corrected chi connectivity index (χ0v) is 12.0. The van der Waals surface area contributed by atoms with Crippen molar-refractivity contribution in [3.05, 3.63) is 28.5 Å². The maximum absolute atomic E-state index is 4.44. The first-order chi connectivity index (χ1) is 8.29. The first kappa shape index (κ1) is 13.0. The van der Waals surface area contributed by atoms with Crippen LogP contribution in [-0.2, 0) is 6.42 Å². The second kappa shape index (κ2) is 6.50. The maximum Gasteiger partial charge on any atom is 0.0413 e. The van der Waals surface area contributed by atoms with Crippen LogP contribution in [0.1, 0.15) is 37.8 Å². The van der Waals surface area contributed by atoms with Crippen LogP contribution in [0.25, 0.3) is 0 Å². The molecule has 1 fully saturated rings. The molecular formula is C14H21BrN2. The average Bonchev–Trinajstić information content (AvgIpc) is 2.86. The lowest BCUT2D eigenvalue weighted by molar-refractivity contribution is 0.359. The molecule has 2 rings (SSSR count). The van der Waals surface area contributed by atoms with E-state index in [9.17, 15) is 0 Å². The molecular weight excluding hydrogens is 276 g/mol. The molecule has 1 aliphatic rings. The van der Waals surface area contributed by atoms with Crippen LogP contribution in [0.3, 0.4) is 0 Å². The lowest BCUT2D eigenvalue weighted by Crippen LogP contribution is -2.32.